The second-order valence-electron chi connectivity index (χ2n) is 5.14. The summed E-state index contributed by atoms with van der Waals surface area (Å²) in [7, 11) is 0. The minimum absolute atomic E-state index is 0.286. The van der Waals surface area contributed by atoms with Gasteiger partial charge in [-0.05, 0) is 31.4 Å². The molecule has 0 saturated carbocycles. The average Bonchev–Trinajstić information content (AvgIpc) is 2.92. The van der Waals surface area contributed by atoms with E-state index in [2.05, 4.69) is 17.2 Å². The Labute approximate surface area is 119 Å². The Morgan fingerprint density at radius 2 is 2.30 bits per heavy atom. The van der Waals surface area contributed by atoms with E-state index in [4.69, 9.17) is 9.84 Å². The zero-order chi connectivity index (χ0) is 14.5. The number of carboxylic acids is 1. The van der Waals surface area contributed by atoms with E-state index in [9.17, 15) is 4.79 Å². The zero-order valence-electron chi connectivity index (χ0n) is 12.1. The second-order valence-corrected chi connectivity index (χ2v) is 5.14. The summed E-state index contributed by atoms with van der Waals surface area (Å²) in [6, 6.07) is 3.22. The number of pyridine rings is 1. The first kappa shape index (κ1) is 14.8. The summed E-state index contributed by atoms with van der Waals surface area (Å²) in [4.78, 5) is 15.5. The third-order valence-corrected chi connectivity index (χ3v) is 3.78. The lowest BCUT2D eigenvalue weighted by molar-refractivity contribution is 0.0696. The van der Waals surface area contributed by atoms with Crippen LogP contribution in [0.3, 0.4) is 0 Å². The van der Waals surface area contributed by atoms with Gasteiger partial charge in [0.15, 0.2) is 0 Å². The normalized spacial score (nSPS) is 21.9. The first-order chi connectivity index (χ1) is 9.63. The van der Waals surface area contributed by atoms with Crippen molar-refractivity contribution in [1.82, 2.24) is 4.98 Å². The highest BCUT2D eigenvalue weighted by atomic mass is 16.5. The number of anilines is 1. The number of nitrogens with one attached hydrogen (secondary N) is 1. The van der Waals surface area contributed by atoms with Crippen molar-refractivity contribution in [3.8, 4) is 0 Å². The Morgan fingerprint density at radius 3 is 2.95 bits per heavy atom. The molecular formula is C15H22N2O3. The van der Waals surface area contributed by atoms with E-state index in [1.165, 1.54) is 0 Å². The first-order valence-electron chi connectivity index (χ1n) is 7.23. The van der Waals surface area contributed by atoms with E-state index in [0.29, 0.717) is 17.8 Å². The molecule has 1 fully saturated rings. The van der Waals surface area contributed by atoms with Crippen molar-refractivity contribution in [1.29, 1.82) is 0 Å². The Kier molecular flexibility index (Phi) is 4.95. The summed E-state index contributed by atoms with van der Waals surface area (Å²) in [6.45, 7) is 5.68. The number of ether oxygens (including phenoxy) is 1. The van der Waals surface area contributed by atoms with Crippen LogP contribution in [0.2, 0.25) is 0 Å². The maximum atomic E-state index is 11.1. The van der Waals surface area contributed by atoms with Gasteiger partial charge in [-0.2, -0.15) is 0 Å². The summed E-state index contributed by atoms with van der Waals surface area (Å²) in [6.07, 6.45) is 3.08. The van der Waals surface area contributed by atoms with Crippen molar-refractivity contribution >= 4 is 11.8 Å². The van der Waals surface area contributed by atoms with Crippen LogP contribution in [-0.4, -0.2) is 35.3 Å². The SMILES string of the molecule is CCc1cc(C(=O)O)cc(NCC2CCOC2CC)n1. The van der Waals surface area contributed by atoms with Crippen LogP contribution in [0.15, 0.2) is 12.1 Å². The van der Waals surface area contributed by atoms with Gasteiger partial charge in [0.1, 0.15) is 5.82 Å². The molecule has 2 unspecified atom stereocenters. The predicted molar refractivity (Wildman–Crippen MR) is 77.2 cm³/mol. The molecule has 2 heterocycles. The standard InChI is InChI=1S/C15H22N2O3/c1-3-12-7-11(15(18)19)8-14(17-12)16-9-10-5-6-20-13(10)4-2/h7-8,10,13H,3-6,9H2,1-2H3,(H,16,17)(H,18,19). The fourth-order valence-corrected chi connectivity index (χ4v) is 2.60. The van der Waals surface area contributed by atoms with Crippen molar-refractivity contribution in [2.75, 3.05) is 18.5 Å². The molecule has 5 nitrogen and oxygen atoms in total. The molecule has 110 valence electrons. The zero-order valence-corrected chi connectivity index (χ0v) is 12.1. The third kappa shape index (κ3) is 3.48. The maximum Gasteiger partial charge on any atom is 0.335 e. The number of carboxylic acid groups (broad SMARTS) is 1. The van der Waals surface area contributed by atoms with Crippen LogP contribution >= 0.6 is 0 Å². The molecule has 1 aromatic rings. The molecule has 1 aliphatic heterocycles. The van der Waals surface area contributed by atoms with Gasteiger partial charge in [-0.1, -0.05) is 13.8 Å². The van der Waals surface area contributed by atoms with Crippen molar-refractivity contribution in [2.24, 2.45) is 5.92 Å². The number of aryl methyl sites for hydroxylation is 1. The lowest BCUT2D eigenvalue weighted by Gasteiger charge is -2.18. The minimum Gasteiger partial charge on any atom is -0.478 e. The summed E-state index contributed by atoms with van der Waals surface area (Å²) >= 11 is 0. The second kappa shape index (κ2) is 6.70. The molecule has 1 saturated heterocycles. The Hall–Kier alpha value is -1.62. The van der Waals surface area contributed by atoms with Gasteiger partial charge in [0, 0.05) is 24.8 Å². The molecule has 2 rings (SSSR count). The quantitative estimate of drug-likeness (QED) is 0.836. The highest BCUT2D eigenvalue weighted by Gasteiger charge is 2.26. The Balaban J connectivity index is 2.05. The van der Waals surface area contributed by atoms with Crippen LogP contribution in [0.5, 0.6) is 0 Å². The molecule has 1 aliphatic rings. The van der Waals surface area contributed by atoms with Crippen LogP contribution in [-0.2, 0) is 11.2 Å². The van der Waals surface area contributed by atoms with Crippen LogP contribution in [0, 0.1) is 5.92 Å². The number of hydrogen-bond donors (Lipinski definition) is 2. The van der Waals surface area contributed by atoms with Gasteiger partial charge in [0.25, 0.3) is 0 Å². The van der Waals surface area contributed by atoms with Gasteiger partial charge in [0.2, 0.25) is 0 Å². The van der Waals surface area contributed by atoms with Crippen molar-refractivity contribution in [3.05, 3.63) is 23.4 Å². The number of aromatic carboxylic acids is 1. The summed E-state index contributed by atoms with van der Waals surface area (Å²) in [5, 5.41) is 12.4. The number of aromatic nitrogens is 1. The monoisotopic (exact) mass is 278 g/mol. The summed E-state index contributed by atoms with van der Waals surface area (Å²) < 4.78 is 5.66. The van der Waals surface area contributed by atoms with E-state index in [1.807, 2.05) is 6.92 Å². The number of hydrogen-bond acceptors (Lipinski definition) is 4. The van der Waals surface area contributed by atoms with E-state index in [0.717, 1.165) is 38.1 Å². The van der Waals surface area contributed by atoms with Gasteiger partial charge in [0.05, 0.1) is 11.7 Å². The van der Waals surface area contributed by atoms with Crippen molar-refractivity contribution in [3.63, 3.8) is 0 Å². The van der Waals surface area contributed by atoms with E-state index in [1.54, 1.807) is 12.1 Å². The fraction of sp³-hybridized carbons (Fsp3) is 0.600. The fourth-order valence-electron chi connectivity index (χ4n) is 2.60. The molecule has 20 heavy (non-hydrogen) atoms. The lowest BCUT2D eigenvalue weighted by Crippen LogP contribution is -2.23. The largest absolute Gasteiger partial charge is 0.478 e. The summed E-state index contributed by atoms with van der Waals surface area (Å²) in [5.41, 5.74) is 1.08. The third-order valence-electron chi connectivity index (χ3n) is 3.78. The highest BCUT2D eigenvalue weighted by Crippen LogP contribution is 2.23. The topological polar surface area (TPSA) is 71.5 Å². The molecule has 2 atom stereocenters. The first-order valence-corrected chi connectivity index (χ1v) is 7.23. The molecule has 0 spiro atoms. The van der Waals surface area contributed by atoms with E-state index >= 15 is 0 Å². The molecule has 0 amide bonds. The van der Waals surface area contributed by atoms with Gasteiger partial charge in [-0.3, -0.25) is 0 Å². The van der Waals surface area contributed by atoms with Crippen molar-refractivity contribution < 1.29 is 14.6 Å². The van der Waals surface area contributed by atoms with Gasteiger partial charge in [-0.15, -0.1) is 0 Å². The smallest absolute Gasteiger partial charge is 0.335 e. The van der Waals surface area contributed by atoms with Crippen molar-refractivity contribution in [2.45, 2.75) is 39.2 Å². The number of carbonyl (C=O) groups is 1. The number of nitrogens with zero attached hydrogens (tertiary/aromatic N) is 1. The molecule has 0 aromatic carbocycles. The van der Waals surface area contributed by atoms with Crippen LogP contribution in [0.25, 0.3) is 0 Å². The summed E-state index contributed by atoms with van der Waals surface area (Å²) in [5.74, 6) is 0.199. The van der Waals surface area contributed by atoms with E-state index < -0.39 is 5.97 Å². The molecule has 0 aliphatic carbocycles. The van der Waals surface area contributed by atoms with Crippen LogP contribution in [0.1, 0.15) is 42.7 Å². The maximum absolute atomic E-state index is 11.1. The molecular weight excluding hydrogens is 256 g/mol. The lowest BCUT2D eigenvalue weighted by atomic mass is 10.00. The van der Waals surface area contributed by atoms with Gasteiger partial charge in [-0.25, -0.2) is 9.78 Å². The predicted octanol–water partition coefficient (Wildman–Crippen LogP) is 2.57. The molecule has 5 heteroatoms. The molecule has 2 N–H and O–H groups in total. The molecule has 1 aromatic heterocycles. The molecule has 0 radical (unpaired) electrons. The Bertz CT molecular complexity index is 476. The minimum atomic E-state index is -0.916. The van der Waals surface area contributed by atoms with E-state index in [-0.39, 0.29) is 5.56 Å². The number of rotatable bonds is 6. The van der Waals surface area contributed by atoms with Gasteiger partial charge >= 0.3 is 5.97 Å². The van der Waals surface area contributed by atoms with Crippen LogP contribution in [0.4, 0.5) is 5.82 Å². The highest BCUT2D eigenvalue weighted by molar-refractivity contribution is 5.88. The Morgan fingerprint density at radius 1 is 1.50 bits per heavy atom. The average molecular weight is 278 g/mol. The molecule has 0 bridgehead atoms. The van der Waals surface area contributed by atoms with Crippen LogP contribution < -0.4 is 5.32 Å². The van der Waals surface area contributed by atoms with Gasteiger partial charge < -0.3 is 15.2 Å².